The van der Waals surface area contributed by atoms with Crippen molar-refractivity contribution in [2.45, 2.75) is 0 Å². The van der Waals surface area contributed by atoms with Gasteiger partial charge in [-0.3, -0.25) is 0 Å². The van der Waals surface area contributed by atoms with E-state index in [1.807, 2.05) is 0 Å². The average molecular weight is 112 g/mol. The lowest BCUT2D eigenvalue weighted by molar-refractivity contribution is 0.793. The van der Waals surface area contributed by atoms with Gasteiger partial charge in [-0.25, -0.2) is 0 Å². The van der Waals surface area contributed by atoms with Gasteiger partial charge in [0.05, 0.1) is 6.20 Å². The highest BCUT2D eigenvalue weighted by molar-refractivity contribution is 5.26. The van der Waals surface area contributed by atoms with Crippen LogP contribution in [0, 0.1) is 0 Å². The second kappa shape index (κ2) is 1.73. The Bertz CT molecular complexity index is 168. The van der Waals surface area contributed by atoms with Gasteiger partial charge in [-0.1, -0.05) is 0 Å². The van der Waals surface area contributed by atoms with Crippen LogP contribution in [0.1, 0.15) is 0 Å². The molecule has 0 bridgehead atoms. The molecule has 0 spiro atoms. The average Bonchev–Trinajstić information content (AvgIpc) is 2.14. The predicted molar refractivity (Wildman–Crippen MR) is 31.9 cm³/mol. The standard InChI is InChI=1S/C4H8N4/c1-6-8-4(5)2-3-7-8/h2-3,6H,5H2,1H3. The zero-order valence-electron chi connectivity index (χ0n) is 4.63. The van der Waals surface area contributed by atoms with Crippen molar-refractivity contribution in [1.82, 2.24) is 9.89 Å². The molecule has 0 aromatic carbocycles. The topological polar surface area (TPSA) is 55.9 Å². The molecule has 0 unspecified atom stereocenters. The summed E-state index contributed by atoms with van der Waals surface area (Å²) in [5, 5.41) is 3.81. The van der Waals surface area contributed by atoms with Crippen LogP contribution in [-0.4, -0.2) is 16.9 Å². The molecule has 0 radical (unpaired) electrons. The number of nitrogens with two attached hydrogens (primary N) is 1. The van der Waals surface area contributed by atoms with E-state index >= 15 is 0 Å². The first kappa shape index (κ1) is 4.96. The number of nitrogen functional groups attached to an aromatic ring is 1. The fraction of sp³-hybridized carbons (Fsp3) is 0.250. The molecule has 4 nitrogen and oxygen atoms in total. The number of aromatic nitrogens is 2. The number of nitrogens with one attached hydrogen (secondary N) is 1. The van der Waals surface area contributed by atoms with Crippen LogP contribution in [-0.2, 0) is 0 Å². The van der Waals surface area contributed by atoms with Crippen LogP contribution in [0.15, 0.2) is 12.3 Å². The van der Waals surface area contributed by atoms with Gasteiger partial charge in [0.25, 0.3) is 0 Å². The zero-order chi connectivity index (χ0) is 5.98. The Morgan fingerprint density at radius 2 is 2.62 bits per heavy atom. The molecular weight excluding hydrogens is 104 g/mol. The third-order valence-electron chi connectivity index (χ3n) is 0.884. The van der Waals surface area contributed by atoms with Gasteiger partial charge < -0.3 is 11.2 Å². The fourth-order valence-corrected chi connectivity index (χ4v) is 0.500. The molecule has 0 aliphatic rings. The molecule has 0 saturated heterocycles. The number of nitrogens with zero attached hydrogens (tertiary/aromatic N) is 2. The van der Waals surface area contributed by atoms with Gasteiger partial charge in [0.2, 0.25) is 0 Å². The maximum atomic E-state index is 5.39. The van der Waals surface area contributed by atoms with Gasteiger partial charge in [0, 0.05) is 13.1 Å². The highest BCUT2D eigenvalue weighted by Gasteiger charge is 1.88. The molecule has 0 aliphatic heterocycles. The van der Waals surface area contributed by atoms with Crippen molar-refractivity contribution in [3.63, 3.8) is 0 Å². The first-order chi connectivity index (χ1) is 3.84. The number of hydrogen-bond acceptors (Lipinski definition) is 3. The smallest absolute Gasteiger partial charge is 0.144 e. The molecule has 0 saturated carbocycles. The van der Waals surface area contributed by atoms with E-state index in [1.165, 1.54) is 4.79 Å². The summed E-state index contributed by atoms with van der Waals surface area (Å²) in [6, 6.07) is 1.72. The van der Waals surface area contributed by atoms with Crippen molar-refractivity contribution < 1.29 is 0 Å². The molecule has 44 valence electrons. The van der Waals surface area contributed by atoms with Gasteiger partial charge in [0.15, 0.2) is 0 Å². The second-order valence-electron chi connectivity index (χ2n) is 1.39. The van der Waals surface area contributed by atoms with Crippen molar-refractivity contribution in [2.75, 3.05) is 18.2 Å². The summed E-state index contributed by atoms with van der Waals surface area (Å²) in [7, 11) is 1.75. The summed E-state index contributed by atoms with van der Waals surface area (Å²) in [5.74, 6) is 0.618. The monoisotopic (exact) mass is 112 g/mol. The van der Waals surface area contributed by atoms with Crippen molar-refractivity contribution in [2.24, 2.45) is 0 Å². The van der Waals surface area contributed by atoms with E-state index in [1.54, 1.807) is 19.3 Å². The molecule has 1 rings (SSSR count). The molecule has 0 aliphatic carbocycles. The number of anilines is 1. The summed E-state index contributed by atoms with van der Waals surface area (Å²) >= 11 is 0. The Morgan fingerprint density at radius 3 is 2.88 bits per heavy atom. The third kappa shape index (κ3) is 0.598. The molecular formula is C4H8N4. The molecule has 0 atom stereocenters. The van der Waals surface area contributed by atoms with E-state index in [9.17, 15) is 0 Å². The summed E-state index contributed by atoms with van der Waals surface area (Å²) < 4.78 is 0. The van der Waals surface area contributed by atoms with Crippen LogP contribution in [0.25, 0.3) is 0 Å². The number of rotatable bonds is 1. The summed E-state index contributed by atoms with van der Waals surface area (Å²) in [6.45, 7) is 0. The maximum absolute atomic E-state index is 5.39. The molecule has 8 heavy (non-hydrogen) atoms. The van der Waals surface area contributed by atoms with E-state index in [0.717, 1.165) is 0 Å². The minimum Gasteiger partial charge on any atom is -0.382 e. The first-order valence-electron chi connectivity index (χ1n) is 2.32. The van der Waals surface area contributed by atoms with Gasteiger partial charge in [-0.05, 0) is 0 Å². The highest BCUT2D eigenvalue weighted by atomic mass is 15.6. The van der Waals surface area contributed by atoms with Crippen LogP contribution >= 0.6 is 0 Å². The van der Waals surface area contributed by atoms with E-state index in [-0.39, 0.29) is 0 Å². The van der Waals surface area contributed by atoms with Crippen molar-refractivity contribution in [3.8, 4) is 0 Å². The van der Waals surface area contributed by atoms with Crippen LogP contribution in [0.5, 0.6) is 0 Å². The number of hydrogen-bond donors (Lipinski definition) is 2. The minimum atomic E-state index is 0.618. The predicted octanol–water partition coefficient (Wildman–Crippen LogP) is -0.361. The fourth-order valence-electron chi connectivity index (χ4n) is 0.500. The molecule has 1 aromatic rings. The van der Waals surface area contributed by atoms with E-state index in [0.29, 0.717) is 5.82 Å². The van der Waals surface area contributed by atoms with Gasteiger partial charge in [-0.15, -0.1) is 0 Å². The molecule has 3 N–H and O–H groups in total. The molecule has 0 fully saturated rings. The lowest BCUT2D eigenvalue weighted by Crippen LogP contribution is -2.12. The lowest BCUT2D eigenvalue weighted by Gasteiger charge is -1.98. The Labute approximate surface area is 47.3 Å². The summed E-state index contributed by atoms with van der Waals surface area (Å²) in [4.78, 5) is 1.49. The van der Waals surface area contributed by atoms with Gasteiger partial charge in [0.1, 0.15) is 5.82 Å². The minimum absolute atomic E-state index is 0.618. The highest BCUT2D eigenvalue weighted by Crippen LogP contribution is 1.93. The van der Waals surface area contributed by atoms with Crippen LogP contribution in [0.3, 0.4) is 0 Å². The summed E-state index contributed by atoms with van der Waals surface area (Å²) in [5.41, 5.74) is 8.14. The maximum Gasteiger partial charge on any atom is 0.144 e. The largest absolute Gasteiger partial charge is 0.382 e. The third-order valence-corrected chi connectivity index (χ3v) is 0.884. The first-order valence-corrected chi connectivity index (χ1v) is 2.32. The Hall–Kier alpha value is -1.19. The van der Waals surface area contributed by atoms with E-state index < -0.39 is 0 Å². The van der Waals surface area contributed by atoms with Gasteiger partial charge in [-0.2, -0.15) is 9.89 Å². The zero-order valence-corrected chi connectivity index (χ0v) is 4.63. The Balaban J connectivity index is 2.92. The van der Waals surface area contributed by atoms with Crippen LogP contribution < -0.4 is 11.2 Å². The lowest BCUT2D eigenvalue weighted by atomic mass is 10.7. The van der Waals surface area contributed by atoms with Crippen molar-refractivity contribution >= 4 is 5.82 Å². The molecule has 1 heterocycles. The molecule has 0 amide bonds. The molecule has 1 aromatic heterocycles. The van der Waals surface area contributed by atoms with Gasteiger partial charge >= 0.3 is 0 Å². The second-order valence-corrected chi connectivity index (χ2v) is 1.39. The van der Waals surface area contributed by atoms with Crippen molar-refractivity contribution in [3.05, 3.63) is 12.3 Å². The van der Waals surface area contributed by atoms with Crippen LogP contribution in [0.2, 0.25) is 0 Å². The Kier molecular flexibility index (Phi) is 1.07. The van der Waals surface area contributed by atoms with E-state index in [2.05, 4.69) is 10.5 Å². The SMILES string of the molecule is CNn1nccc1N. The van der Waals surface area contributed by atoms with Crippen molar-refractivity contribution in [1.29, 1.82) is 0 Å². The van der Waals surface area contributed by atoms with Crippen LogP contribution in [0.4, 0.5) is 5.82 Å². The Morgan fingerprint density at radius 1 is 1.88 bits per heavy atom. The van der Waals surface area contributed by atoms with E-state index in [4.69, 9.17) is 5.73 Å². The quantitative estimate of drug-likeness (QED) is 0.521. The summed E-state index contributed by atoms with van der Waals surface area (Å²) in [6.07, 6.45) is 1.63. The molecule has 4 heteroatoms. The normalized spacial score (nSPS) is 9.12.